The monoisotopic (exact) mass is 1000 g/mol. The number of anilines is 4. The van der Waals surface area contributed by atoms with Gasteiger partial charge in [-0.05, 0) is 65.8 Å². The number of piperazine rings is 2. The van der Waals surface area contributed by atoms with Crippen LogP contribution in [0.4, 0.5) is 40.3 Å². The first-order valence-corrected chi connectivity index (χ1v) is 23.9. The van der Waals surface area contributed by atoms with Crippen LogP contribution in [0.3, 0.4) is 0 Å². The van der Waals surface area contributed by atoms with Crippen molar-refractivity contribution in [2.24, 2.45) is 0 Å². The summed E-state index contributed by atoms with van der Waals surface area (Å²) in [5.41, 5.74) is 2.07. The van der Waals surface area contributed by atoms with E-state index in [2.05, 4.69) is 40.6 Å². The molecule has 10 rings (SSSR count). The number of ether oxygens (including phenoxy) is 2. The molecule has 6 aromatic rings. The van der Waals surface area contributed by atoms with Gasteiger partial charge in [0.1, 0.15) is 33.8 Å². The van der Waals surface area contributed by atoms with Crippen molar-refractivity contribution in [3.63, 3.8) is 0 Å². The number of aliphatic hydroxyl groups is 2. The summed E-state index contributed by atoms with van der Waals surface area (Å²) < 4.78 is 67.0. The van der Waals surface area contributed by atoms with Crippen molar-refractivity contribution in [2.45, 2.75) is 89.6 Å². The van der Waals surface area contributed by atoms with Crippen molar-refractivity contribution >= 4 is 45.9 Å². The highest BCUT2D eigenvalue weighted by Gasteiger charge is 2.48. The zero-order valence-electron chi connectivity index (χ0n) is 41.1. The van der Waals surface area contributed by atoms with Crippen LogP contribution in [0, 0.1) is 0 Å². The van der Waals surface area contributed by atoms with Crippen LogP contribution in [0.25, 0.3) is 11.3 Å². The van der Waals surface area contributed by atoms with Crippen LogP contribution in [0.5, 0.6) is 11.5 Å². The lowest BCUT2D eigenvalue weighted by Crippen LogP contribution is -2.51. The number of nitrogens with one attached hydrogen (secondary N) is 2. The van der Waals surface area contributed by atoms with Gasteiger partial charge in [0.2, 0.25) is 0 Å². The molecule has 2 saturated heterocycles. The van der Waals surface area contributed by atoms with Crippen molar-refractivity contribution in [3.05, 3.63) is 95.8 Å². The number of rotatable bonds is 12. The van der Waals surface area contributed by atoms with Gasteiger partial charge in [-0.3, -0.25) is 19.4 Å². The summed E-state index contributed by atoms with van der Waals surface area (Å²) in [6, 6.07) is 11.0. The average Bonchev–Trinajstić information content (AvgIpc) is 4.11. The Hall–Kier alpha value is -6.62. The number of hydrogen-bond donors (Lipinski definition) is 4. The number of nitrogens with zero attached hydrogens (tertiary/aromatic N) is 10. The predicted octanol–water partition coefficient (Wildman–Crippen LogP) is 5.67. The highest BCUT2D eigenvalue weighted by atomic mass is 19.3. The second-order valence-corrected chi connectivity index (χ2v) is 20.2. The van der Waals surface area contributed by atoms with Crippen LogP contribution < -0.4 is 29.9 Å². The minimum Gasteiger partial charge on any atom is -0.484 e. The second-order valence-electron chi connectivity index (χ2n) is 20.2. The van der Waals surface area contributed by atoms with E-state index in [1.807, 2.05) is 38.1 Å². The van der Waals surface area contributed by atoms with E-state index in [0.717, 1.165) is 22.5 Å². The summed E-state index contributed by atoms with van der Waals surface area (Å²) in [7, 11) is 0. The zero-order valence-corrected chi connectivity index (χ0v) is 41.1. The largest absolute Gasteiger partial charge is 0.484 e. The van der Waals surface area contributed by atoms with Crippen molar-refractivity contribution in [1.29, 1.82) is 0 Å². The van der Waals surface area contributed by atoms with Gasteiger partial charge >= 0.3 is 0 Å². The van der Waals surface area contributed by atoms with E-state index in [9.17, 15) is 37.4 Å². The van der Waals surface area contributed by atoms with Gasteiger partial charge in [0.05, 0.1) is 59.4 Å². The fourth-order valence-corrected chi connectivity index (χ4v) is 9.47. The van der Waals surface area contributed by atoms with Gasteiger partial charge in [0.15, 0.2) is 11.3 Å². The number of halogens is 4. The normalized spacial score (nSPS) is 20.6. The molecule has 18 nitrogen and oxygen atoms in total. The molecular weight excluding hydrogens is 941 g/mol. The topological polar surface area (TPSA) is 190 Å². The van der Waals surface area contributed by atoms with E-state index >= 15 is 0 Å². The Morgan fingerprint density at radius 1 is 0.639 bits per heavy atom. The Morgan fingerprint density at radius 2 is 1.01 bits per heavy atom. The molecule has 4 N–H and O–H groups in total. The summed E-state index contributed by atoms with van der Waals surface area (Å²) >= 11 is 0. The first kappa shape index (κ1) is 50.3. The van der Waals surface area contributed by atoms with Crippen LogP contribution in [0.15, 0.2) is 73.6 Å². The van der Waals surface area contributed by atoms with E-state index in [4.69, 9.17) is 9.47 Å². The van der Waals surface area contributed by atoms with Crippen molar-refractivity contribution in [1.82, 2.24) is 39.0 Å². The smallest absolute Gasteiger partial charge is 0.261 e. The first-order valence-electron chi connectivity index (χ1n) is 23.9. The molecule has 4 aliphatic heterocycles. The molecule has 0 aliphatic carbocycles. The highest BCUT2D eigenvalue weighted by molar-refractivity contribution is 6.10. The average molecular weight is 1000 g/mol. The summed E-state index contributed by atoms with van der Waals surface area (Å²) in [6.45, 7) is 14.1. The van der Waals surface area contributed by atoms with E-state index < -0.39 is 35.3 Å². The van der Waals surface area contributed by atoms with Gasteiger partial charge in [0, 0.05) is 113 Å². The quantitative estimate of drug-likeness (QED) is 0.110. The van der Waals surface area contributed by atoms with Gasteiger partial charge < -0.3 is 40.1 Å². The number of carbonyl (C=O) groups excluding carboxylic acids is 2. The SMILES string of the molecule is CC(C)(O)[C@@]1(C)Cc2cc(NC(=O)c3cnn4cccnc34)c(N3CCN(CC(F)F)CC3)cc2O1.CC(C)(O)[C@]1(C)Cc2cc(NC(=O)c3cnn4cccnc34)c(N3CCN(CC(F)F)CC3)cc2O1. The zero-order chi connectivity index (χ0) is 51.3. The van der Waals surface area contributed by atoms with Crippen LogP contribution >= 0.6 is 0 Å². The molecule has 384 valence electrons. The maximum Gasteiger partial charge on any atom is 0.261 e. The minimum atomic E-state index is -2.38. The number of aromatic nitrogens is 6. The third-order valence-corrected chi connectivity index (χ3v) is 14.4. The number of fused-ring (bicyclic) bond motifs is 4. The molecule has 4 aromatic heterocycles. The molecule has 2 atom stereocenters. The molecule has 22 heteroatoms. The number of hydrogen-bond acceptors (Lipinski definition) is 14. The molecule has 0 radical (unpaired) electrons. The van der Waals surface area contributed by atoms with Gasteiger partial charge in [-0.25, -0.2) is 36.6 Å². The summed E-state index contributed by atoms with van der Waals surface area (Å²) in [5, 5.41) is 35.9. The predicted molar refractivity (Wildman–Crippen MR) is 262 cm³/mol. The Kier molecular flexibility index (Phi) is 13.6. The van der Waals surface area contributed by atoms with Crippen LogP contribution in [-0.2, 0) is 12.8 Å². The van der Waals surface area contributed by atoms with E-state index in [0.29, 0.717) is 110 Å². The van der Waals surface area contributed by atoms with Gasteiger partial charge in [-0.1, -0.05) is 0 Å². The molecule has 4 aliphatic rings. The highest BCUT2D eigenvalue weighted by Crippen LogP contribution is 2.47. The number of amides is 2. The molecule has 0 spiro atoms. The molecule has 2 aromatic carbocycles. The Balaban J connectivity index is 0.000000178. The molecule has 0 saturated carbocycles. The van der Waals surface area contributed by atoms with Crippen LogP contribution in [0.1, 0.15) is 73.4 Å². The fraction of sp³-hybridized carbons (Fsp3) is 0.480. The molecule has 8 heterocycles. The third kappa shape index (κ3) is 10.2. The molecule has 2 amide bonds. The van der Waals surface area contributed by atoms with Crippen LogP contribution in [-0.4, -0.2) is 162 Å². The lowest BCUT2D eigenvalue weighted by molar-refractivity contribution is -0.0900. The third-order valence-electron chi connectivity index (χ3n) is 14.4. The second kappa shape index (κ2) is 19.4. The Morgan fingerprint density at radius 3 is 1.36 bits per heavy atom. The van der Waals surface area contributed by atoms with Gasteiger partial charge in [-0.15, -0.1) is 0 Å². The standard InChI is InChI=1S/2C25H30F2N6O3/c2*1-24(2,35)25(3)13-16-11-18(30-23(34)17-14-29-33-6-4-5-28-22(17)33)19(12-20(16)36-25)32-9-7-31(8-10-32)15-21(26)27/h2*4-6,11-12,14,21,35H,7-10,13,15H2,1-3H3,(H,30,34)/t2*25-/m10/s1. The molecular formula is C50H60F4N12O6. The minimum absolute atomic E-state index is 0.254. The fourth-order valence-electron chi connectivity index (χ4n) is 9.47. The van der Waals surface area contributed by atoms with Crippen molar-refractivity contribution in [3.8, 4) is 11.5 Å². The molecule has 0 unspecified atom stereocenters. The van der Waals surface area contributed by atoms with E-state index in [1.165, 1.54) is 21.4 Å². The van der Waals surface area contributed by atoms with Gasteiger partial charge in [0.25, 0.3) is 24.7 Å². The maximum absolute atomic E-state index is 13.3. The Labute approximate surface area is 413 Å². The lowest BCUT2D eigenvalue weighted by Gasteiger charge is -2.37. The summed E-state index contributed by atoms with van der Waals surface area (Å²) in [5.74, 6) is 0.566. The van der Waals surface area contributed by atoms with E-state index in [-0.39, 0.29) is 24.9 Å². The van der Waals surface area contributed by atoms with Crippen LogP contribution in [0.2, 0.25) is 0 Å². The number of benzene rings is 2. The maximum atomic E-state index is 13.3. The Bertz CT molecular complexity index is 2760. The summed E-state index contributed by atoms with van der Waals surface area (Å²) in [6.07, 6.45) is 5.76. The number of alkyl halides is 4. The molecule has 2 fully saturated rings. The van der Waals surface area contributed by atoms with Crippen molar-refractivity contribution in [2.75, 3.05) is 85.9 Å². The molecule has 0 bridgehead atoms. The van der Waals surface area contributed by atoms with Gasteiger partial charge in [-0.2, -0.15) is 10.2 Å². The number of carbonyl (C=O) groups is 2. The lowest BCUT2D eigenvalue weighted by atomic mass is 9.84. The van der Waals surface area contributed by atoms with Crippen molar-refractivity contribution < 1.29 is 46.8 Å². The molecule has 72 heavy (non-hydrogen) atoms. The first-order chi connectivity index (χ1) is 34.1. The summed E-state index contributed by atoms with van der Waals surface area (Å²) in [4.78, 5) is 42.7. The van der Waals surface area contributed by atoms with E-state index in [1.54, 1.807) is 74.4 Å².